The SMILES string of the molecule is O=C(c1ccc(C(F)(F)F)cc1)N1C[C@H]2C[C@H]1CS2(=O)=O. The molecular weight excluding hydrogens is 307 g/mol. The third-order valence-electron chi connectivity index (χ3n) is 4.03. The molecule has 2 fully saturated rings. The predicted molar refractivity (Wildman–Crippen MR) is 68.5 cm³/mol. The molecule has 2 atom stereocenters. The molecule has 2 saturated heterocycles. The van der Waals surface area contributed by atoms with Crippen LogP contribution < -0.4 is 0 Å². The van der Waals surface area contributed by atoms with Crippen LogP contribution in [0.15, 0.2) is 24.3 Å². The van der Waals surface area contributed by atoms with Gasteiger partial charge in [0.2, 0.25) is 0 Å². The number of benzene rings is 1. The monoisotopic (exact) mass is 319 g/mol. The lowest BCUT2D eigenvalue weighted by atomic mass is 10.1. The van der Waals surface area contributed by atoms with Crippen molar-refractivity contribution in [3.8, 4) is 0 Å². The zero-order chi connectivity index (χ0) is 15.4. The topological polar surface area (TPSA) is 54.5 Å². The Morgan fingerprint density at radius 1 is 1.19 bits per heavy atom. The zero-order valence-corrected chi connectivity index (χ0v) is 11.6. The Kier molecular flexibility index (Phi) is 3.05. The van der Waals surface area contributed by atoms with E-state index < -0.39 is 32.7 Å². The van der Waals surface area contributed by atoms with Gasteiger partial charge in [0.25, 0.3) is 5.91 Å². The molecular formula is C13H12F3NO3S. The standard InChI is InChI=1S/C13H12F3NO3S/c14-13(15,16)9-3-1-8(2-4-9)12(18)17-6-11-5-10(17)7-21(11,19)20/h1-4,10-11H,5-7H2/t10-,11+/m0/s1. The molecule has 114 valence electrons. The number of amides is 1. The fraction of sp³-hybridized carbons (Fsp3) is 0.462. The van der Waals surface area contributed by atoms with Gasteiger partial charge in [-0.15, -0.1) is 0 Å². The first kappa shape index (κ1) is 14.4. The van der Waals surface area contributed by atoms with Crippen molar-refractivity contribution in [3.63, 3.8) is 0 Å². The fourth-order valence-corrected chi connectivity index (χ4v) is 4.94. The van der Waals surface area contributed by atoms with Crippen LogP contribution in [0, 0.1) is 0 Å². The summed E-state index contributed by atoms with van der Waals surface area (Å²) in [5, 5.41) is -0.527. The van der Waals surface area contributed by atoms with Gasteiger partial charge in [-0.25, -0.2) is 8.42 Å². The van der Waals surface area contributed by atoms with Gasteiger partial charge in [0.1, 0.15) is 0 Å². The molecule has 0 aliphatic carbocycles. The number of rotatable bonds is 1. The van der Waals surface area contributed by atoms with Crippen molar-refractivity contribution in [2.45, 2.75) is 23.9 Å². The Balaban J connectivity index is 1.79. The number of hydrogen-bond donors (Lipinski definition) is 0. The molecule has 0 aromatic heterocycles. The third kappa shape index (κ3) is 2.41. The molecule has 1 aromatic rings. The summed E-state index contributed by atoms with van der Waals surface area (Å²) in [6, 6.07) is 3.63. The van der Waals surface area contributed by atoms with Crippen LogP contribution in [0.1, 0.15) is 22.3 Å². The summed E-state index contributed by atoms with van der Waals surface area (Å²) in [5.41, 5.74) is -0.669. The number of nitrogens with zero attached hydrogens (tertiary/aromatic N) is 1. The van der Waals surface area contributed by atoms with E-state index in [1.807, 2.05) is 0 Å². The number of likely N-dealkylation sites (tertiary alicyclic amines) is 1. The smallest absolute Gasteiger partial charge is 0.333 e. The van der Waals surface area contributed by atoms with Crippen LogP contribution in [-0.2, 0) is 16.0 Å². The number of carbonyl (C=O) groups excluding carboxylic acids is 1. The first-order valence-electron chi connectivity index (χ1n) is 6.38. The van der Waals surface area contributed by atoms with Crippen LogP contribution in [0.3, 0.4) is 0 Å². The zero-order valence-electron chi connectivity index (χ0n) is 10.8. The van der Waals surface area contributed by atoms with E-state index in [1.54, 1.807) is 0 Å². The summed E-state index contributed by atoms with van der Waals surface area (Å²) >= 11 is 0. The van der Waals surface area contributed by atoms with E-state index in [0.717, 1.165) is 24.3 Å². The Hall–Kier alpha value is -1.57. The van der Waals surface area contributed by atoms with Crippen LogP contribution in [0.2, 0.25) is 0 Å². The van der Waals surface area contributed by atoms with Gasteiger partial charge in [-0.05, 0) is 30.7 Å². The van der Waals surface area contributed by atoms with Gasteiger partial charge in [-0.1, -0.05) is 0 Å². The van der Waals surface area contributed by atoms with Crippen molar-refractivity contribution in [3.05, 3.63) is 35.4 Å². The van der Waals surface area contributed by atoms with Gasteiger partial charge < -0.3 is 4.90 Å². The van der Waals surface area contributed by atoms with Crippen LogP contribution in [-0.4, -0.2) is 42.8 Å². The highest BCUT2D eigenvalue weighted by atomic mass is 32.2. The number of alkyl halides is 3. The van der Waals surface area contributed by atoms with Crippen LogP contribution in [0.4, 0.5) is 13.2 Å². The normalized spacial score (nSPS) is 27.1. The summed E-state index contributed by atoms with van der Waals surface area (Å²) in [4.78, 5) is 13.7. The highest BCUT2D eigenvalue weighted by Gasteiger charge is 2.50. The number of fused-ring (bicyclic) bond motifs is 2. The highest BCUT2D eigenvalue weighted by molar-refractivity contribution is 7.92. The van der Waals surface area contributed by atoms with Crippen molar-refractivity contribution in [2.24, 2.45) is 0 Å². The number of sulfone groups is 1. The quantitative estimate of drug-likeness (QED) is 0.792. The second-order valence-electron chi connectivity index (χ2n) is 5.37. The summed E-state index contributed by atoms with van der Waals surface area (Å²) < 4.78 is 60.6. The first-order chi connectivity index (χ1) is 9.68. The molecule has 21 heavy (non-hydrogen) atoms. The Bertz CT molecular complexity index is 682. The summed E-state index contributed by atoms with van der Waals surface area (Å²) in [5.74, 6) is -0.463. The molecule has 2 aliphatic rings. The van der Waals surface area contributed by atoms with Gasteiger partial charge in [0.05, 0.1) is 16.6 Å². The lowest BCUT2D eigenvalue weighted by Gasteiger charge is -2.27. The van der Waals surface area contributed by atoms with Crippen LogP contribution >= 0.6 is 0 Å². The number of hydrogen-bond acceptors (Lipinski definition) is 3. The van der Waals surface area contributed by atoms with Gasteiger partial charge in [0.15, 0.2) is 9.84 Å². The molecule has 0 unspecified atom stereocenters. The van der Waals surface area contributed by atoms with E-state index in [9.17, 15) is 26.4 Å². The molecule has 4 nitrogen and oxygen atoms in total. The fourth-order valence-electron chi connectivity index (χ4n) is 2.91. The van der Waals surface area contributed by atoms with Crippen molar-refractivity contribution in [2.75, 3.05) is 12.3 Å². The largest absolute Gasteiger partial charge is 0.416 e. The van der Waals surface area contributed by atoms with Gasteiger partial charge in [-0.3, -0.25) is 4.79 Å². The van der Waals surface area contributed by atoms with E-state index in [2.05, 4.69) is 0 Å². The molecule has 0 radical (unpaired) electrons. The van der Waals surface area contributed by atoms with Crippen molar-refractivity contribution in [1.82, 2.24) is 4.90 Å². The molecule has 1 amide bonds. The van der Waals surface area contributed by atoms with Crippen molar-refractivity contribution in [1.29, 1.82) is 0 Å². The number of carbonyl (C=O) groups is 1. The number of halogens is 3. The first-order valence-corrected chi connectivity index (χ1v) is 8.10. The lowest BCUT2D eigenvalue weighted by Crippen LogP contribution is -2.44. The second-order valence-corrected chi connectivity index (χ2v) is 7.70. The highest BCUT2D eigenvalue weighted by Crippen LogP contribution is 2.34. The molecule has 0 spiro atoms. The maximum absolute atomic E-state index is 12.5. The van der Waals surface area contributed by atoms with E-state index in [0.29, 0.717) is 6.42 Å². The van der Waals surface area contributed by atoms with Crippen LogP contribution in [0.5, 0.6) is 0 Å². The second kappa shape index (κ2) is 4.46. The average molecular weight is 319 g/mol. The van der Waals surface area contributed by atoms with Crippen molar-refractivity contribution < 1.29 is 26.4 Å². The molecule has 2 heterocycles. The molecule has 1 aromatic carbocycles. The Morgan fingerprint density at radius 2 is 1.81 bits per heavy atom. The average Bonchev–Trinajstić information content (AvgIpc) is 2.92. The van der Waals surface area contributed by atoms with E-state index in [1.165, 1.54) is 4.90 Å². The molecule has 2 bridgehead atoms. The maximum atomic E-state index is 12.5. The molecule has 2 aliphatic heterocycles. The summed E-state index contributed by atoms with van der Waals surface area (Å²) in [6.07, 6.45) is -4.02. The van der Waals surface area contributed by atoms with Gasteiger partial charge in [0, 0.05) is 18.2 Å². The summed E-state index contributed by atoms with van der Waals surface area (Å²) in [7, 11) is -3.10. The van der Waals surface area contributed by atoms with Crippen LogP contribution in [0.25, 0.3) is 0 Å². The van der Waals surface area contributed by atoms with Gasteiger partial charge >= 0.3 is 6.18 Å². The Labute approximate surface area is 119 Å². The Morgan fingerprint density at radius 3 is 2.24 bits per heavy atom. The molecule has 0 saturated carbocycles. The molecule has 3 rings (SSSR count). The van der Waals surface area contributed by atoms with Gasteiger partial charge in [-0.2, -0.15) is 13.2 Å². The lowest BCUT2D eigenvalue weighted by molar-refractivity contribution is -0.137. The van der Waals surface area contributed by atoms with E-state index >= 15 is 0 Å². The maximum Gasteiger partial charge on any atom is 0.416 e. The minimum absolute atomic E-state index is 0.0515. The minimum Gasteiger partial charge on any atom is -0.333 e. The molecule has 0 N–H and O–H groups in total. The van der Waals surface area contributed by atoms with Crippen molar-refractivity contribution >= 4 is 15.7 Å². The summed E-state index contributed by atoms with van der Waals surface area (Å²) in [6.45, 7) is 0.132. The third-order valence-corrected chi connectivity index (χ3v) is 6.24. The predicted octanol–water partition coefficient (Wildman–Crippen LogP) is 1.72. The van der Waals surface area contributed by atoms with E-state index in [4.69, 9.17) is 0 Å². The molecule has 8 heteroatoms. The van der Waals surface area contributed by atoms with E-state index in [-0.39, 0.29) is 23.9 Å². The minimum atomic E-state index is -4.44.